The number of piperazine rings is 1. The molecule has 7 heteroatoms. The Hall–Kier alpha value is -1.50. The highest BCUT2D eigenvalue weighted by Gasteiger charge is 2.44. The van der Waals surface area contributed by atoms with Crippen LogP contribution in [0.2, 0.25) is 5.02 Å². The summed E-state index contributed by atoms with van der Waals surface area (Å²) < 4.78 is 5.50. The van der Waals surface area contributed by atoms with Crippen LogP contribution in [0, 0.1) is 5.41 Å². The summed E-state index contributed by atoms with van der Waals surface area (Å²) in [6.07, 6.45) is 1.47. The molecular weight excluding hydrogens is 354 g/mol. The molecule has 1 amide bonds. The molecule has 0 bridgehead atoms. The first-order valence-corrected chi connectivity index (χ1v) is 9.74. The van der Waals surface area contributed by atoms with E-state index in [9.17, 15) is 4.79 Å². The fourth-order valence-corrected chi connectivity index (χ4v) is 4.55. The third-order valence-corrected chi connectivity index (χ3v) is 6.33. The first-order chi connectivity index (χ1) is 12.5. The van der Waals surface area contributed by atoms with E-state index in [-0.39, 0.29) is 0 Å². The molecule has 0 radical (unpaired) electrons. The maximum absolute atomic E-state index is 11.0. The SMILES string of the molecule is O=C(O)N1CCN(Cc2ccc(Cl)c(N3CC4(CCOCC4)C3)c2)CC1. The minimum absolute atomic E-state index is 0.421. The standard InChI is InChI=1S/C19H26ClN3O3/c20-16-2-1-15(12-21-5-7-22(8-6-21)18(24)25)11-17(16)23-13-19(14-23)3-9-26-10-4-19/h1-2,11H,3-10,12-14H2,(H,24,25). The predicted molar refractivity (Wildman–Crippen MR) is 101 cm³/mol. The molecule has 0 aromatic heterocycles. The molecule has 3 heterocycles. The summed E-state index contributed by atoms with van der Waals surface area (Å²) in [6.45, 7) is 7.43. The molecule has 0 atom stereocenters. The van der Waals surface area contributed by atoms with Crippen LogP contribution in [-0.4, -0.2) is 73.5 Å². The van der Waals surface area contributed by atoms with Crippen molar-refractivity contribution in [3.63, 3.8) is 0 Å². The quantitative estimate of drug-likeness (QED) is 0.875. The summed E-state index contributed by atoms with van der Waals surface area (Å²) in [4.78, 5) is 17.2. The van der Waals surface area contributed by atoms with E-state index in [0.29, 0.717) is 18.5 Å². The number of rotatable bonds is 3. The van der Waals surface area contributed by atoms with Gasteiger partial charge in [-0.1, -0.05) is 17.7 Å². The number of benzene rings is 1. The van der Waals surface area contributed by atoms with Gasteiger partial charge in [0.25, 0.3) is 0 Å². The summed E-state index contributed by atoms with van der Waals surface area (Å²) in [5.74, 6) is 0. The number of carboxylic acid groups (broad SMARTS) is 1. The number of amides is 1. The number of anilines is 1. The van der Waals surface area contributed by atoms with Gasteiger partial charge >= 0.3 is 6.09 Å². The number of hydrogen-bond acceptors (Lipinski definition) is 4. The highest BCUT2D eigenvalue weighted by molar-refractivity contribution is 6.33. The number of carbonyl (C=O) groups is 1. The van der Waals surface area contributed by atoms with Crippen LogP contribution in [0.15, 0.2) is 18.2 Å². The van der Waals surface area contributed by atoms with Crippen LogP contribution in [0.1, 0.15) is 18.4 Å². The summed E-state index contributed by atoms with van der Waals surface area (Å²) in [7, 11) is 0. The van der Waals surface area contributed by atoms with Crippen LogP contribution in [0.5, 0.6) is 0 Å². The molecule has 26 heavy (non-hydrogen) atoms. The Kier molecular flexibility index (Phi) is 4.99. The molecule has 4 rings (SSSR count). The second-order valence-corrected chi connectivity index (χ2v) is 8.21. The zero-order valence-corrected chi connectivity index (χ0v) is 15.7. The van der Waals surface area contributed by atoms with E-state index < -0.39 is 6.09 Å². The number of halogens is 1. The molecule has 1 N–H and O–H groups in total. The number of ether oxygens (including phenoxy) is 1. The van der Waals surface area contributed by atoms with Crippen LogP contribution < -0.4 is 4.90 Å². The first kappa shape index (κ1) is 17.9. The van der Waals surface area contributed by atoms with Gasteiger partial charge in [0.1, 0.15) is 0 Å². The van der Waals surface area contributed by atoms with Crippen molar-refractivity contribution in [3.05, 3.63) is 28.8 Å². The molecule has 3 fully saturated rings. The van der Waals surface area contributed by atoms with Gasteiger partial charge in [-0.05, 0) is 30.5 Å². The van der Waals surface area contributed by atoms with E-state index in [1.54, 1.807) is 0 Å². The van der Waals surface area contributed by atoms with Gasteiger partial charge in [0.15, 0.2) is 0 Å². The molecule has 3 aliphatic heterocycles. The Bertz CT molecular complexity index is 662. The minimum Gasteiger partial charge on any atom is -0.465 e. The first-order valence-electron chi connectivity index (χ1n) is 9.36. The second kappa shape index (κ2) is 7.25. The molecule has 1 spiro atoms. The van der Waals surface area contributed by atoms with Crippen molar-refractivity contribution in [1.29, 1.82) is 0 Å². The van der Waals surface area contributed by atoms with Crippen molar-refractivity contribution < 1.29 is 14.6 Å². The number of nitrogens with zero attached hydrogens (tertiary/aromatic N) is 3. The van der Waals surface area contributed by atoms with Crippen molar-refractivity contribution in [2.24, 2.45) is 5.41 Å². The molecule has 0 aliphatic carbocycles. The molecule has 3 aliphatic rings. The second-order valence-electron chi connectivity index (χ2n) is 7.80. The molecule has 3 saturated heterocycles. The van der Waals surface area contributed by atoms with Crippen molar-refractivity contribution >= 4 is 23.4 Å². The van der Waals surface area contributed by atoms with Crippen LogP contribution in [-0.2, 0) is 11.3 Å². The largest absolute Gasteiger partial charge is 0.465 e. The lowest BCUT2D eigenvalue weighted by atomic mass is 9.73. The lowest BCUT2D eigenvalue weighted by Crippen LogP contribution is -2.58. The maximum Gasteiger partial charge on any atom is 0.407 e. The van der Waals surface area contributed by atoms with Gasteiger partial charge in [-0.3, -0.25) is 4.90 Å². The average molecular weight is 380 g/mol. The third-order valence-electron chi connectivity index (χ3n) is 6.01. The highest BCUT2D eigenvalue weighted by atomic mass is 35.5. The normalized spacial score (nSPS) is 23.1. The van der Waals surface area contributed by atoms with Crippen molar-refractivity contribution in [3.8, 4) is 0 Å². The predicted octanol–water partition coefficient (Wildman–Crippen LogP) is 2.75. The van der Waals surface area contributed by atoms with Crippen molar-refractivity contribution in [2.45, 2.75) is 19.4 Å². The van der Waals surface area contributed by atoms with Gasteiger partial charge in [-0.15, -0.1) is 0 Å². The molecule has 0 saturated carbocycles. The fourth-order valence-electron chi connectivity index (χ4n) is 4.31. The Morgan fingerprint density at radius 1 is 1.15 bits per heavy atom. The molecule has 6 nitrogen and oxygen atoms in total. The van der Waals surface area contributed by atoms with Gasteiger partial charge in [0, 0.05) is 64.4 Å². The van der Waals surface area contributed by atoms with E-state index in [4.69, 9.17) is 21.4 Å². The zero-order chi connectivity index (χ0) is 18.1. The van der Waals surface area contributed by atoms with Crippen molar-refractivity contribution in [1.82, 2.24) is 9.80 Å². The van der Waals surface area contributed by atoms with Gasteiger partial charge in [0.05, 0.1) is 10.7 Å². The van der Waals surface area contributed by atoms with Gasteiger partial charge < -0.3 is 19.6 Å². The topological polar surface area (TPSA) is 56.2 Å². The van der Waals surface area contributed by atoms with Crippen LogP contribution >= 0.6 is 11.6 Å². The summed E-state index contributed by atoms with van der Waals surface area (Å²) >= 11 is 6.48. The van der Waals surface area contributed by atoms with Gasteiger partial charge in [-0.25, -0.2) is 4.79 Å². The summed E-state index contributed by atoms with van der Waals surface area (Å²) in [5, 5.41) is 9.87. The monoisotopic (exact) mass is 379 g/mol. The molecule has 1 aromatic rings. The Morgan fingerprint density at radius 2 is 1.85 bits per heavy atom. The Morgan fingerprint density at radius 3 is 2.50 bits per heavy atom. The van der Waals surface area contributed by atoms with Crippen LogP contribution in [0.4, 0.5) is 10.5 Å². The van der Waals surface area contributed by atoms with Crippen LogP contribution in [0.25, 0.3) is 0 Å². The number of hydrogen-bond donors (Lipinski definition) is 1. The van der Waals surface area contributed by atoms with E-state index >= 15 is 0 Å². The lowest BCUT2D eigenvalue weighted by Gasteiger charge is -2.53. The Labute approximate surface area is 159 Å². The summed E-state index contributed by atoms with van der Waals surface area (Å²) in [6, 6.07) is 6.28. The lowest BCUT2D eigenvalue weighted by molar-refractivity contribution is -0.000194. The summed E-state index contributed by atoms with van der Waals surface area (Å²) in [5.41, 5.74) is 2.79. The van der Waals surface area contributed by atoms with Gasteiger partial charge in [0.2, 0.25) is 0 Å². The minimum atomic E-state index is -0.821. The third kappa shape index (κ3) is 3.63. The van der Waals surface area contributed by atoms with Crippen molar-refractivity contribution in [2.75, 3.05) is 57.4 Å². The van der Waals surface area contributed by atoms with E-state index in [1.165, 1.54) is 10.5 Å². The highest BCUT2D eigenvalue weighted by Crippen LogP contribution is 2.44. The van der Waals surface area contributed by atoms with Crippen LogP contribution in [0.3, 0.4) is 0 Å². The molecule has 0 unspecified atom stereocenters. The zero-order valence-electron chi connectivity index (χ0n) is 15.0. The van der Waals surface area contributed by atoms with Gasteiger partial charge in [-0.2, -0.15) is 0 Å². The average Bonchev–Trinajstić information content (AvgIpc) is 2.62. The molecular formula is C19H26ClN3O3. The Balaban J connectivity index is 1.37. The van der Waals surface area contributed by atoms with E-state index in [1.807, 2.05) is 6.07 Å². The van der Waals surface area contributed by atoms with E-state index in [0.717, 1.165) is 69.5 Å². The fraction of sp³-hybridized carbons (Fsp3) is 0.632. The smallest absolute Gasteiger partial charge is 0.407 e. The molecule has 142 valence electrons. The van der Waals surface area contributed by atoms with E-state index in [2.05, 4.69) is 21.9 Å². The maximum atomic E-state index is 11.0. The molecule has 1 aromatic carbocycles.